The Morgan fingerprint density at radius 2 is 1.79 bits per heavy atom. The van der Waals surface area contributed by atoms with Gasteiger partial charge in [0.25, 0.3) is 0 Å². The number of hydrogen-bond acceptors (Lipinski definition) is 8. The van der Waals surface area contributed by atoms with Crippen LogP contribution in [-0.4, -0.2) is 51.9 Å². The maximum Gasteiger partial charge on any atom is 0.336 e. The van der Waals surface area contributed by atoms with Crippen LogP contribution >= 0.6 is 23.2 Å². The van der Waals surface area contributed by atoms with E-state index in [9.17, 15) is 14.4 Å². The molecule has 10 heteroatoms. The smallest absolute Gasteiger partial charge is 0.336 e. The van der Waals surface area contributed by atoms with Crippen molar-refractivity contribution in [2.75, 3.05) is 34.0 Å². The number of allylic oxidation sites excluding steroid dienone is 1. The van der Waals surface area contributed by atoms with E-state index in [1.807, 2.05) is 0 Å². The fourth-order valence-corrected chi connectivity index (χ4v) is 3.91. The molecule has 0 saturated carbocycles. The van der Waals surface area contributed by atoms with Crippen molar-refractivity contribution in [2.24, 2.45) is 0 Å². The number of ether oxygens (including phenoxy) is 4. The lowest BCUT2D eigenvalue weighted by atomic mass is 9.80. The second-order valence-corrected chi connectivity index (χ2v) is 7.86. The average Bonchev–Trinajstić information content (AvgIpc) is 2.79. The van der Waals surface area contributed by atoms with E-state index in [0.717, 1.165) is 0 Å². The predicted octanol–water partition coefficient (Wildman–Crippen LogP) is 3.91. The van der Waals surface area contributed by atoms with E-state index >= 15 is 0 Å². The normalized spacial score (nSPS) is 15.8. The maximum absolute atomic E-state index is 13.1. The van der Waals surface area contributed by atoms with E-state index in [2.05, 4.69) is 10.1 Å². The van der Waals surface area contributed by atoms with Gasteiger partial charge in [0.1, 0.15) is 0 Å². The monoisotopic (exact) mass is 499 g/mol. The zero-order valence-electron chi connectivity index (χ0n) is 19.0. The van der Waals surface area contributed by atoms with Gasteiger partial charge in [-0.1, -0.05) is 35.3 Å². The van der Waals surface area contributed by atoms with E-state index in [-0.39, 0.29) is 53.4 Å². The number of methoxy groups -OCH3 is 2. The molecule has 0 radical (unpaired) electrons. The molecule has 0 fully saturated rings. The van der Waals surface area contributed by atoms with Crippen molar-refractivity contribution in [3.63, 3.8) is 0 Å². The third-order valence-electron chi connectivity index (χ3n) is 4.98. The topological polar surface area (TPSA) is 100 Å². The van der Waals surface area contributed by atoms with Gasteiger partial charge >= 0.3 is 17.9 Å². The first-order valence-corrected chi connectivity index (χ1v) is 11.1. The highest BCUT2D eigenvalue weighted by molar-refractivity contribution is 6.42. The molecule has 1 atom stereocenters. The van der Waals surface area contributed by atoms with Crippen molar-refractivity contribution in [3.05, 3.63) is 56.3 Å². The van der Waals surface area contributed by atoms with Gasteiger partial charge in [0, 0.05) is 18.7 Å². The molecule has 0 aromatic heterocycles. The Morgan fingerprint density at radius 1 is 1.06 bits per heavy atom. The van der Waals surface area contributed by atoms with E-state index in [1.165, 1.54) is 14.2 Å². The molecular weight excluding hydrogens is 473 g/mol. The number of esters is 3. The quantitative estimate of drug-likeness (QED) is 0.293. The molecule has 1 unspecified atom stereocenters. The first kappa shape index (κ1) is 26.7. The fraction of sp³-hybridized carbons (Fsp3) is 0.435. The van der Waals surface area contributed by atoms with Crippen molar-refractivity contribution in [1.82, 2.24) is 5.32 Å². The standard InChI is InChI=1S/C23H27Cl2NO7/c1-5-33-23(29)20-16(12-32-11-7-10-17(27)30-3)26-13(2)18(22(28)31-4)19(20)14-8-6-9-15(24)21(14)25/h6,8-9,19,26H,5,7,10-12H2,1-4H3. The highest BCUT2D eigenvalue weighted by Crippen LogP contribution is 2.43. The summed E-state index contributed by atoms with van der Waals surface area (Å²) < 4.78 is 20.6. The van der Waals surface area contributed by atoms with Gasteiger partial charge in [0.05, 0.1) is 60.2 Å². The van der Waals surface area contributed by atoms with Gasteiger partial charge in [-0.05, 0) is 31.9 Å². The van der Waals surface area contributed by atoms with Crippen molar-refractivity contribution in [1.29, 1.82) is 0 Å². The number of carbonyl (C=O) groups is 3. The Hall–Kier alpha value is -2.55. The molecule has 1 aromatic rings. The number of nitrogens with one attached hydrogen (secondary N) is 1. The molecule has 0 aliphatic carbocycles. The first-order valence-electron chi connectivity index (χ1n) is 10.3. The van der Waals surface area contributed by atoms with Crippen LogP contribution in [0.5, 0.6) is 0 Å². The van der Waals surface area contributed by atoms with E-state index in [4.69, 9.17) is 37.4 Å². The zero-order chi connectivity index (χ0) is 24.5. The predicted molar refractivity (Wildman–Crippen MR) is 123 cm³/mol. The SMILES string of the molecule is CCOC(=O)C1=C(COCCCC(=O)OC)NC(C)=C(C(=O)OC)C1c1cccc(Cl)c1Cl. The summed E-state index contributed by atoms with van der Waals surface area (Å²) >= 11 is 12.7. The third-order valence-corrected chi connectivity index (χ3v) is 5.82. The van der Waals surface area contributed by atoms with E-state index in [1.54, 1.807) is 32.0 Å². The number of dihydropyridines is 1. The Bertz CT molecular complexity index is 972. The minimum atomic E-state index is -0.891. The van der Waals surface area contributed by atoms with Crippen LogP contribution in [0.3, 0.4) is 0 Å². The molecule has 180 valence electrons. The van der Waals surface area contributed by atoms with Crippen molar-refractivity contribution < 1.29 is 33.3 Å². The molecule has 2 rings (SSSR count). The minimum Gasteiger partial charge on any atom is -0.469 e. The van der Waals surface area contributed by atoms with Crippen molar-refractivity contribution in [3.8, 4) is 0 Å². The van der Waals surface area contributed by atoms with Crippen LogP contribution in [0.15, 0.2) is 40.7 Å². The number of hydrogen-bond donors (Lipinski definition) is 1. The molecule has 1 aliphatic rings. The summed E-state index contributed by atoms with van der Waals surface area (Å²) in [5.41, 5.74) is 1.72. The summed E-state index contributed by atoms with van der Waals surface area (Å²) in [7, 11) is 2.58. The van der Waals surface area contributed by atoms with Gasteiger partial charge < -0.3 is 24.3 Å². The third kappa shape index (κ3) is 6.50. The largest absolute Gasteiger partial charge is 0.469 e. The summed E-state index contributed by atoms with van der Waals surface area (Å²) in [6, 6.07) is 4.98. The lowest BCUT2D eigenvalue weighted by molar-refractivity contribution is -0.141. The molecule has 1 N–H and O–H groups in total. The van der Waals surface area contributed by atoms with Crippen LogP contribution in [0, 0.1) is 0 Å². The van der Waals surface area contributed by atoms with Crippen LogP contribution in [0.2, 0.25) is 10.0 Å². The lowest BCUT2D eigenvalue weighted by Crippen LogP contribution is -2.35. The summed E-state index contributed by atoms with van der Waals surface area (Å²) in [6.07, 6.45) is 0.653. The summed E-state index contributed by atoms with van der Waals surface area (Å²) in [5, 5.41) is 3.57. The molecular formula is C23H27Cl2NO7. The molecule has 1 heterocycles. The maximum atomic E-state index is 13.1. The highest BCUT2D eigenvalue weighted by Gasteiger charge is 2.40. The molecule has 0 bridgehead atoms. The summed E-state index contributed by atoms with van der Waals surface area (Å²) in [5.74, 6) is -2.48. The zero-order valence-corrected chi connectivity index (χ0v) is 20.5. The Labute approximate surface area is 202 Å². The molecule has 33 heavy (non-hydrogen) atoms. The van der Waals surface area contributed by atoms with E-state index < -0.39 is 17.9 Å². The molecule has 0 saturated heterocycles. The molecule has 8 nitrogen and oxygen atoms in total. The Balaban J connectivity index is 2.51. The average molecular weight is 500 g/mol. The summed E-state index contributed by atoms with van der Waals surface area (Å²) in [6.45, 7) is 3.77. The fourth-order valence-electron chi connectivity index (χ4n) is 3.49. The van der Waals surface area contributed by atoms with Crippen LogP contribution in [0.1, 0.15) is 38.2 Å². The van der Waals surface area contributed by atoms with Gasteiger partial charge in [-0.2, -0.15) is 0 Å². The second kappa shape index (κ2) is 12.6. The van der Waals surface area contributed by atoms with Gasteiger partial charge in [-0.15, -0.1) is 0 Å². The second-order valence-electron chi connectivity index (χ2n) is 7.08. The van der Waals surface area contributed by atoms with Gasteiger partial charge in [0.15, 0.2) is 0 Å². The van der Waals surface area contributed by atoms with Crippen LogP contribution in [0.25, 0.3) is 0 Å². The Morgan fingerprint density at radius 3 is 2.42 bits per heavy atom. The van der Waals surface area contributed by atoms with Crippen molar-refractivity contribution in [2.45, 2.75) is 32.6 Å². The first-order chi connectivity index (χ1) is 15.8. The Kier molecular flexibility index (Phi) is 10.2. The van der Waals surface area contributed by atoms with Crippen LogP contribution in [0.4, 0.5) is 0 Å². The molecule has 0 spiro atoms. The van der Waals surface area contributed by atoms with Gasteiger partial charge in [0.2, 0.25) is 0 Å². The van der Waals surface area contributed by atoms with Crippen molar-refractivity contribution >= 4 is 41.1 Å². The number of halogens is 2. The van der Waals surface area contributed by atoms with Gasteiger partial charge in [-0.25, -0.2) is 9.59 Å². The number of benzene rings is 1. The lowest BCUT2D eigenvalue weighted by Gasteiger charge is -2.31. The minimum absolute atomic E-state index is 0.00972. The number of carbonyl (C=O) groups excluding carboxylic acids is 3. The summed E-state index contributed by atoms with van der Waals surface area (Å²) in [4.78, 5) is 37.1. The van der Waals surface area contributed by atoms with Crippen LogP contribution < -0.4 is 5.32 Å². The molecule has 1 aromatic carbocycles. The van der Waals surface area contributed by atoms with Gasteiger partial charge in [-0.3, -0.25) is 4.79 Å². The van der Waals surface area contributed by atoms with Crippen LogP contribution in [-0.2, 0) is 33.3 Å². The molecule has 1 aliphatic heterocycles. The highest BCUT2D eigenvalue weighted by atomic mass is 35.5. The molecule has 0 amide bonds. The van der Waals surface area contributed by atoms with E-state index in [0.29, 0.717) is 23.4 Å². The number of rotatable bonds is 10.